The fourth-order valence-corrected chi connectivity index (χ4v) is 4.39. The number of aliphatic hydroxyl groups is 2. The van der Waals surface area contributed by atoms with Crippen LogP contribution < -0.4 is 9.46 Å². The van der Waals surface area contributed by atoms with Gasteiger partial charge in [-0.15, -0.1) is 0 Å². The number of carbonyl (C=O) groups is 1. The van der Waals surface area contributed by atoms with Gasteiger partial charge in [0.25, 0.3) is 0 Å². The molecule has 1 aliphatic carbocycles. The van der Waals surface area contributed by atoms with E-state index in [0.717, 1.165) is 0 Å². The first kappa shape index (κ1) is 20.2. The van der Waals surface area contributed by atoms with Crippen molar-refractivity contribution in [2.24, 2.45) is 0 Å². The average Bonchev–Trinajstić information content (AvgIpc) is 2.92. The van der Waals surface area contributed by atoms with Crippen LogP contribution in [0.25, 0.3) is 0 Å². The van der Waals surface area contributed by atoms with Gasteiger partial charge in [0.15, 0.2) is 0 Å². The van der Waals surface area contributed by atoms with Crippen LogP contribution in [0.1, 0.15) is 12.8 Å². The zero-order chi connectivity index (χ0) is 20.5. The monoisotopic (exact) mass is 411 g/mol. The number of benzene rings is 2. The van der Waals surface area contributed by atoms with E-state index in [4.69, 9.17) is 4.74 Å². The fourth-order valence-electron chi connectivity index (χ4n) is 3.01. The SMILES string of the molecule is O=C(O)C1(NS(=O)(=O)c2ccc(Oc3ccc(F)cc3)cc2)CC(O)C(O)C1. The van der Waals surface area contributed by atoms with Gasteiger partial charge in [0.2, 0.25) is 10.0 Å². The summed E-state index contributed by atoms with van der Waals surface area (Å²) in [7, 11) is -4.25. The van der Waals surface area contributed by atoms with Gasteiger partial charge in [-0.1, -0.05) is 0 Å². The summed E-state index contributed by atoms with van der Waals surface area (Å²) in [5.74, 6) is -1.25. The van der Waals surface area contributed by atoms with Crippen LogP contribution in [0.5, 0.6) is 11.5 Å². The van der Waals surface area contributed by atoms with E-state index in [9.17, 15) is 32.9 Å². The molecule has 4 N–H and O–H groups in total. The first-order valence-electron chi connectivity index (χ1n) is 8.28. The molecule has 10 heteroatoms. The Hall–Kier alpha value is -2.53. The van der Waals surface area contributed by atoms with Crippen molar-refractivity contribution in [1.82, 2.24) is 4.72 Å². The van der Waals surface area contributed by atoms with E-state index in [2.05, 4.69) is 4.72 Å². The summed E-state index contributed by atoms with van der Waals surface area (Å²) in [6.45, 7) is 0. The molecule has 2 atom stereocenters. The molecule has 1 saturated carbocycles. The van der Waals surface area contributed by atoms with E-state index in [1.807, 2.05) is 0 Å². The topological polar surface area (TPSA) is 133 Å². The molecule has 0 radical (unpaired) electrons. The van der Waals surface area contributed by atoms with E-state index in [1.165, 1.54) is 48.5 Å². The fraction of sp³-hybridized carbons (Fsp3) is 0.278. The minimum atomic E-state index is -4.25. The van der Waals surface area contributed by atoms with Gasteiger partial charge < -0.3 is 20.1 Å². The lowest BCUT2D eigenvalue weighted by atomic mass is 9.99. The number of nitrogens with one attached hydrogen (secondary N) is 1. The maximum Gasteiger partial charge on any atom is 0.325 e. The number of sulfonamides is 1. The molecule has 2 unspecified atom stereocenters. The van der Waals surface area contributed by atoms with Crippen LogP contribution in [0.2, 0.25) is 0 Å². The number of aliphatic hydroxyl groups excluding tert-OH is 2. The van der Waals surface area contributed by atoms with Crippen molar-refractivity contribution in [2.75, 3.05) is 0 Å². The standard InChI is InChI=1S/C18H18FNO7S/c19-11-1-3-12(4-2-11)27-13-5-7-14(8-6-13)28(25,26)20-18(17(23)24)9-15(21)16(22)10-18/h1-8,15-16,20-22H,9-10H2,(H,23,24). The molecule has 1 aliphatic rings. The van der Waals surface area contributed by atoms with E-state index >= 15 is 0 Å². The number of hydrogen-bond donors (Lipinski definition) is 4. The number of aliphatic carboxylic acids is 1. The third-order valence-corrected chi connectivity index (χ3v) is 6.03. The van der Waals surface area contributed by atoms with Crippen LogP contribution in [-0.4, -0.2) is 47.5 Å². The zero-order valence-electron chi connectivity index (χ0n) is 14.4. The van der Waals surface area contributed by atoms with Crippen LogP contribution >= 0.6 is 0 Å². The van der Waals surface area contributed by atoms with Gasteiger partial charge in [0, 0.05) is 12.8 Å². The summed E-state index contributed by atoms with van der Waals surface area (Å²) < 4.78 is 45.7. The maximum absolute atomic E-state index is 12.9. The Kier molecular flexibility index (Phi) is 5.39. The largest absolute Gasteiger partial charge is 0.480 e. The van der Waals surface area contributed by atoms with Gasteiger partial charge in [0.05, 0.1) is 17.1 Å². The van der Waals surface area contributed by atoms with Crippen molar-refractivity contribution in [2.45, 2.75) is 35.5 Å². The molecule has 2 aromatic carbocycles. The molecular formula is C18H18FNO7S. The second-order valence-electron chi connectivity index (χ2n) is 6.56. The summed E-state index contributed by atoms with van der Waals surface area (Å²) in [5, 5.41) is 28.8. The Morgan fingerprint density at radius 1 is 1.00 bits per heavy atom. The summed E-state index contributed by atoms with van der Waals surface area (Å²) in [4.78, 5) is 11.4. The number of carboxylic acids is 1. The molecule has 3 rings (SSSR count). The summed E-state index contributed by atoms with van der Waals surface area (Å²) >= 11 is 0. The molecule has 0 amide bonds. The van der Waals surface area contributed by atoms with E-state index < -0.39 is 52.4 Å². The lowest BCUT2D eigenvalue weighted by Gasteiger charge is -2.25. The van der Waals surface area contributed by atoms with E-state index in [0.29, 0.717) is 11.5 Å². The Bertz CT molecular complexity index is 950. The molecule has 150 valence electrons. The highest BCUT2D eigenvalue weighted by Gasteiger charge is 2.52. The smallest absolute Gasteiger partial charge is 0.325 e. The molecule has 8 nitrogen and oxygen atoms in total. The molecule has 0 saturated heterocycles. The average molecular weight is 411 g/mol. The Balaban J connectivity index is 1.78. The van der Waals surface area contributed by atoms with Gasteiger partial charge in [-0.3, -0.25) is 4.79 Å². The van der Waals surface area contributed by atoms with Crippen LogP contribution in [0.4, 0.5) is 4.39 Å². The number of hydrogen-bond acceptors (Lipinski definition) is 6. The Morgan fingerprint density at radius 2 is 1.46 bits per heavy atom. The zero-order valence-corrected chi connectivity index (χ0v) is 15.3. The maximum atomic E-state index is 12.9. The number of rotatable bonds is 6. The van der Waals surface area contributed by atoms with Crippen molar-refractivity contribution in [1.29, 1.82) is 0 Å². The van der Waals surface area contributed by atoms with Gasteiger partial charge in [-0.25, -0.2) is 12.8 Å². The molecule has 0 heterocycles. The normalized spacial score (nSPS) is 24.8. The Morgan fingerprint density at radius 3 is 1.93 bits per heavy atom. The van der Waals surface area contributed by atoms with Crippen LogP contribution in [0, 0.1) is 5.82 Å². The second kappa shape index (κ2) is 7.47. The van der Waals surface area contributed by atoms with Crippen LogP contribution in [0.15, 0.2) is 53.4 Å². The lowest BCUT2D eigenvalue weighted by molar-refractivity contribution is -0.144. The molecule has 0 aliphatic heterocycles. The molecule has 0 aromatic heterocycles. The quantitative estimate of drug-likeness (QED) is 0.562. The predicted molar refractivity (Wildman–Crippen MR) is 94.9 cm³/mol. The molecule has 0 bridgehead atoms. The first-order valence-corrected chi connectivity index (χ1v) is 9.77. The lowest BCUT2D eigenvalue weighted by Crippen LogP contribution is -2.53. The molecule has 2 aromatic rings. The predicted octanol–water partition coefficient (Wildman–Crippen LogP) is 1.24. The summed E-state index contributed by atoms with van der Waals surface area (Å²) in [6, 6.07) is 10.4. The molecule has 0 spiro atoms. The van der Waals surface area contributed by atoms with Crippen molar-refractivity contribution < 1.29 is 37.7 Å². The van der Waals surface area contributed by atoms with Crippen molar-refractivity contribution in [3.05, 3.63) is 54.3 Å². The second-order valence-corrected chi connectivity index (χ2v) is 8.25. The van der Waals surface area contributed by atoms with Gasteiger partial charge in [-0.05, 0) is 48.5 Å². The Labute approximate surface area is 160 Å². The molecule has 1 fully saturated rings. The van der Waals surface area contributed by atoms with E-state index in [-0.39, 0.29) is 4.90 Å². The highest BCUT2D eigenvalue weighted by atomic mass is 32.2. The molecular weight excluding hydrogens is 393 g/mol. The minimum absolute atomic E-state index is 0.213. The third kappa shape index (κ3) is 4.14. The van der Waals surface area contributed by atoms with Gasteiger partial charge in [-0.2, -0.15) is 4.72 Å². The van der Waals surface area contributed by atoms with Gasteiger partial charge >= 0.3 is 5.97 Å². The van der Waals surface area contributed by atoms with E-state index in [1.54, 1.807) is 0 Å². The highest BCUT2D eigenvalue weighted by molar-refractivity contribution is 7.89. The number of halogens is 1. The third-order valence-electron chi connectivity index (χ3n) is 4.48. The van der Waals surface area contributed by atoms with Gasteiger partial charge in [0.1, 0.15) is 22.9 Å². The molecule has 28 heavy (non-hydrogen) atoms. The van der Waals surface area contributed by atoms with Crippen molar-refractivity contribution in [3.63, 3.8) is 0 Å². The minimum Gasteiger partial charge on any atom is -0.480 e. The van der Waals surface area contributed by atoms with Crippen LogP contribution in [0.3, 0.4) is 0 Å². The highest BCUT2D eigenvalue weighted by Crippen LogP contribution is 2.33. The van der Waals surface area contributed by atoms with Crippen LogP contribution in [-0.2, 0) is 14.8 Å². The number of ether oxygens (including phenoxy) is 1. The number of carboxylic acid groups (broad SMARTS) is 1. The summed E-state index contributed by atoms with van der Waals surface area (Å²) in [6.07, 6.45) is -3.58. The first-order chi connectivity index (χ1) is 13.1. The van der Waals surface area contributed by atoms with Crippen molar-refractivity contribution in [3.8, 4) is 11.5 Å². The summed E-state index contributed by atoms with van der Waals surface area (Å²) in [5.41, 5.74) is -2.00. The van der Waals surface area contributed by atoms with Crippen molar-refractivity contribution >= 4 is 16.0 Å².